The second kappa shape index (κ2) is 34.3. The number of primary amides is 1. The number of carbonyl (C=O) groups is 10. The molecule has 0 spiro atoms. The second-order valence-corrected chi connectivity index (χ2v) is 33.5. The van der Waals surface area contributed by atoms with Crippen LogP contribution in [0.15, 0.2) is 97.2 Å². The van der Waals surface area contributed by atoms with Crippen molar-refractivity contribution in [2.75, 3.05) is 60.6 Å². The van der Waals surface area contributed by atoms with Gasteiger partial charge in [-0.2, -0.15) is 13.5 Å². The Bertz CT molecular complexity index is 4570. The van der Waals surface area contributed by atoms with Gasteiger partial charge in [-0.15, -0.1) is 0 Å². The van der Waals surface area contributed by atoms with Gasteiger partial charge in [0.1, 0.15) is 30.6 Å². The van der Waals surface area contributed by atoms with Crippen molar-refractivity contribution in [1.82, 2.24) is 50.8 Å². The maximum atomic E-state index is 14.5. The molecule has 2 unspecified atom stereocenters. The zero-order valence-electron chi connectivity index (χ0n) is 62.3. The van der Waals surface area contributed by atoms with Crippen LogP contribution >= 0.6 is 11.3 Å². The molecular weight excluding hydrogens is 1460 g/mol. The molecule has 110 heavy (non-hydrogen) atoms. The number of urea groups is 1. The number of imide groups is 1. The number of thiazole rings is 1. The van der Waals surface area contributed by atoms with Crippen molar-refractivity contribution in [2.45, 2.75) is 174 Å². The summed E-state index contributed by atoms with van der Waals surface area (Å²) < 4.78 is 49.8. The maximum absolute atomic E-state index is 14.5. The van der Waals surface area contributed by atoms with Crippen molar-refractivity contribution in [3.63, 3.8) is 0 Å². The summed E-state index contributed by atoms with van der Waals surface area (Å²) in [5.41, 5.74) is 10.6. The Morgan fingerprint density at radius 3 is 2.22 bits per heavy atom. The molecule has 4 aliphatic carbocycles. The van der Waals surface area contributed by atoms with Crippen LogP contribution in [0.1, 0.15) is 150 Å². The number of fused-ring (bicyclic) bond motifs is 2. The van der Waals surface area contributed by atoms with Crippen molar-refractivity contribution in [1.29, 1.82) is 0 Å². The number of aromatic carboxylic acids is 1. The van der Waals surface area contributed by atoms with Crippen molar-refractivity contribution in [2.24, 2.45) is 27.9 Å². The molecule has 3 aromatic carbocycles. The predicted molar refractivity (Wildman–Crippen MR) is 408 cm³/mol. The standard InChI is InChI=1S/C77H96N14O17S2/c1-47(2)65(87-61(92)18-7-6-10-29-90-62(93)25-26-63(90)94)68(98)83-57(16-12-28-79-71(78)102)67(97)82-52-21-19-49(20-22-52)39-107-73(103)85-58(35-64(95)96)69(99)88(32-34-110(104,105)106)31-33-108-77-43-74(4)40-75(5,44-77)42-76(41-74,45-77)46-91-48(3)54(37-81-91)53-23-24-60(86-66(53)70(100)101)89-30-27-50-13-11-14-51(55(50)38-89)36-80-72-84-56-15-8-9-17-59(56)109-72/h8-9,11,13-15,17,19-26,37,47,57-58,65H,6-7,10,12,16,18,27-36,38-46H2,1-5H3,(H,80,84)(H,82,97)(H,83,98)(H,85,103)(H,87,92)(H,95,96)(H,100,101)(H3,78,79,102)(H,104,105,106)/t57-,58-,65-,74?,75?,76?,77?/m0/s1. The van der Waals surface area contributed by atoms with Crippen LogP contribution in [0.3, 0.4) is 0 Å². The first-order valence-electron chi connectivity index (χ1n) is 37.1. The number of alkyl carbamates (subject to hydrolysis) is 1. The molecule has 3 aromatic heterocycles. The Labute approximate surface area is 641 Å². The normalized spacial score (nSPS) is 20.6. The molecule has 6 aliphatic rings. The number of carboxylic acid groups (broad SMARTS) is 2. The molecule has 4 bridgehead atoms. The third kappa shape index (κ3) is 20.3. The van der Waals surface area contributed by atoms with E-state index in [4.69, 9.17) is 30.3 Å². The number of benzene rings is 3. The average Bonchev–Trinajstić information content (AvgIpc) is 0.702. The zero-order chi connectivity index (χ0) is 78.9. The Balaban J connectivity index is 0.694. The van der Waals surface area contributed by atoms with Crippen LogP contribution < -0.4 is 42.5 Å². The lowest BCUT2D eigenvalue weighted by Crippen LogP contribution is -2.64. The van der Waals surface area contributed by atoms with E-state index in [2.05, 4.69) is 68.8 Å². The molecule has 33 heteroatoms. The van der Waals surface area contributed by atoms with Crippen molar-refractivity contribution >= 4 is 108 Å². The van der Waals surface area contributed by atoms with E-state index in [-0.39, 0.29) is 73.1 Å². The van der Waals surface area contributed by atoms with Crippen LogP contribution in [0.4, 0.5) is 26.2 Å². The molecular formula is C77H96N14O17S2. The van der Waals surface area contributed by atoms with Gasteiger partial charge in [-0.1, -0.05) is 87.9 Å². The van der Waals surface area contributed by atoms with Gasteiger partial charge in [0.15, 0.2) is 10.8 Å². The van der Waals surface area contributed by atoms with E-state index in [9.17, 15) is 71.1 Å². The number of nitrogens with two attached hydrogens (primary N) is 1. The number of aliphatic carboxylic acids is 1. The number of unbranched alkanes of at least 4 members (excludes halogenated alkanes) is 2. The summed E-state index contributed by atoms with van der Waals surface area (Å²) in [5, 5.41) is 43.0. The van der Waals surface area contributed by atoms with Crippen LogP contribution in [0.2, 0.25) is 0 Å². The molecule has 12 rings (SSSR count). The monoisotopic (exact) mass is 1550 g/mol. The van der Waals surface area contributed by atoms with Gasteiger partial charge in [0, 0.05) is 93.4 Å². The van der Waals surface area contributed by atoms with Crippen LogP contribution in [0.25, 0.3) is 21.3 Å². The number of pyridine rings is 1. The Kier molecular flexibility index (Phi) is 25.1. The fourth-order valence-electron chi connectivity index (χ4n) is 17.5. The van der Waals surface area contributed by atoms with Gasteiger partial charge >= 0.3 is 24.1 Å². The lowest BCUT2D eigenvalue weighted by Gasteiger charge is -2.69. The molecule has 31 nitrogen and oxygen atoms in total. The lowest BCUT2D eigenvalue weighted by atomic mass is 9.39. The summed E-state index contributed by atoms with van der Waals surface area (Å²) in [6.07, 6.45) is 9.03. The minimum Gasteiger partial charge on any atom is -0.481 e. The summed E-state index contributed by atoms with van der Waals surface area (Å²) in [5.74, 6) is -6.91. The van der Waals surface area contributed by atoms with Crippen LogP contribution in [-0.2, 0) is 85.8 Å². The quantitative estimate of drug-likeness (QED) is 0.0101. The summed E-state index contributed by atoms with van der Waals surface area (Å²) >= 11 is 1.60. The number of ether oxygens (including phenoxy) is 2. The van der Waals surface area contributed by atoms with Gasteiger partial charge in [-0.3, -0.25) is 47.7 Å². The molecule has 4 fully saturated rings. The van der Waals surface area contributed by atoms with Gasteiger partial charge < -0.3 is 67.1 Å². The Morgan fingerprint density at radius 2 is 1.53 bits per heavy atom. The van der Waals surface area contributed by atoms with E-state index in [0.29, 0.717) is 87.2 Å². The number of nitrogens with one attached hydrogen (secondary N) is 6. The largest absolute Gasteiger partial charge is 0.481 e. The Hall–Kier alpha value is -10.4. The van der Waals surface area contributed by atoms with Crippen molar-refractivity contribution < 1.29 is 80.6 Å². The fraction of sp³-hybridized carbons (Fsp3) is 0.494. The number of para-hydroxylation sites is 1. The van der Waals surface area contributed by atoms with Crippen LogP contribution in [-0.4, -0.2) is 181 Å². The maximum Gasteiger partial charge on any atom is 0.408 e. The molecule has 5 atom stereocenters. The summed E-state index contributed by atoms with van der Waals surface area (Å²) in [7, 11) is -4.67. The molecule has 11 N–H and O–H groups in total. The number of amides is 9. The number of nitrogens with zero attached hydrogens (tertiary/aromatic N) is 7. The zero-order valence-corrected chi connectivity index (χ0v) is 63.9. The molecule has 0 radical (unpaired) electrons. The fourth-order valence-corrected chi connectivity index (χ4v) is 18.8. The average molecular weight is 1550 g/mol. The topological polar surface area (TPSA) is 436 Å². The summed E-state index contributed by atoms with van der Waals surface area (Å²) in [4.78, 5) is 143. The molecule has 2 aliphatic heterocycles. The molecule has 6 aromatic rings. The molecule has 4 saturated carbocycles. The minimum absolute atomic E-state index is 0.0347. The number of hydrogen-bond donors (Lipinski definition) is 10. The third-order valence-corrected chi connectivity index (χ3v) is 23.0. The molecule has 9 amide bonds. The minimum atomic E-state index is -4.67. The number of carbonyl (C=O) groups excluding carboxylic acids is 8. The number of hydrogen-bond acceptors (Lipinski definition) is 20. The van der Waals surface area contributed by atoms with E-state index < -0.39 is 125 Å². The van der Waals surface area contributed by atoms with E-state index >= 15 is 0 Å². The van der Waals surface area contributed by atoms with Gasteiger partial charge in [-0.25, -0.2) is 24.4 Å². The second-order valence-electron chi connectivity index (χ2n) is 30.9. The highest BCUT2D eigenvalue weighted by atomic mass is 32.2. The van der Waals surface area contributed by atoms with Crippen LogP contribution in [0, 0.1) is 29.1 Å². The van der Waals surface area contributed by atoms with E-state index in [0.717, 1.165) is 67.7 Å². The first-order chi connectivity index (χ1) is 52.2. The highest BCUT2D eigenvalue weighted by Crippen LogP contribution is 2.72. The SMILES string of the molecule is Cc1c(-c2ccc(N3CCc4cccc(CNc5nc6ccccc6s5)c4C3)nc2C(=O)O)cnn1CC12CC3(C)CC(C)(C1)CC(OCCN(CCS(=O)(=O)O)C(=O)[C@H](CC(=O)O)NC(=O)OCc1ccc(NC(=O)[C@H](CCCNC(N)=O)NC(=O)[C@@H](NC(=O)CCCCCN4C(=O)C=CC4=O)C(C)C)cc1)(C3)C2. The van der Waals surface area contributed by atoms with Crippen LogP contribution in [0.5, 0.6) is 0 Å². The number of aromatic nitrogens is 4. The lowest BCUT2D eigenvalue weighted by molar-refractivity contribution is -0.248. The summed E-state index contributed by atoms with van der Waals surface area (Å²) in [6.45, 7) is 11.0. The van der Waals surface area contributed by atoms with Gasteiger partial charge in [-0.05, 0) is 158 Å². The van der Waals surface area contributed by atoms with Crippen molar-refractivity contribution in [3.05, 3.63) is 131 Å². The van der Waals surface area contributed by atoms with E-state index in [1.807, 2.05) is 48.0 Å². The van der Waals surface area contributed by atoms with E-state index in [1.54, 1.807) is 31.4 Å². The first kappa shape index (κ1) is 80.6. The number of carboxylic acids is 2. The molecule has 588 valence electrons. The molecule has 5 heterocycles. The highest BCUT2D eigenvalue weighted by molar-refractivity contribution is 7.85. The van der Waals surface area contributed by atoms with Crippen molar-refractivity contribution in [3.8, 4) is 11.1 Å². The Morgan fingerprint density at radius 1 is 0.791 bits per heavy atom. The molecule has 0 saturated heterocycles. The number of rotatable bonds is 37. The smallest absolute Gasteiger partial charge is 0.408 e. The van der Waals surface area contributed by atoms with Gasteiger partial charge in [0.2, 0.25) is 23.6 Å². The summed E-state index contributed by atoms with van der Waals surface area (Å²) in [6, 6.07) is 19.2. The predicted octanol–water partition coefficient (Wildman–Crippen LogP) is 7.86. The number of anilines is 3. The highest BCUT2D eigenvalue weighted by Gasteiger charge is 2.66. The van der Waals surface area contributed by atoms with E-state index in [1.165, 1.54) is 42.0 Å². The van der Waals surface area contributed by atoms with Gasteiger partial charge in [0.05, 0.1) is 40.8 Å². The first-order valence-corrected chi connectivity index (χ1v) is 39.5. The third-order valence-electron chi connectivity index (χ3n) is 21.3. The van der Waals surface area contributed by atoms with Gasteiger partial charge in [0.25, 0.3) is 21.9 Å².